The van der Waals surface area contributed by atoms with Gasteiger partial charge in [0.25, 0.3) is 5.91 Å². The van der Waals surface area contributed by atoms with Crippen molar-refractivity contribution in [2.45, 2.75) is 32.1 Å². The fraction of sp³-hybridized carbons (Fsp3) is 0.217. The van der Waals surface area contributed by atoms with E-state index in [-0.39, 0.29) is 30.6 Å². The SMILES string of the molecule is O=C(Nc1c2c(nn1-c1ccccc1)CCC2)c1ccc(N2C(=O)CCC2=O)cc1. The Bertz CT molecular complexity index is 1130. The van der Waals surface area contributed by atoms with Gasteiger partial charge in [0.2, 0.25) is 11.8 Å². The second-order valence-corrected chi connectivity index (χ2v) is 7.50. The molecular formula is C23H20N4O3. The lowest BCUT2D eigenvalue weighted by atomic mass is 10.1. The molecule has 1 aliphatic carbocycles. The number of nitrogens with zero attached hydrogens (tertiary/aromatic N) is 3. The maximum Gasteiger partial charge on any atom is 0.256 e. The predicted octanol–water partition coefficient (Wildman–Crippen LogP) is 3.27. The fourth-order valence-electron chi connectivity index (χ4n) is 4.08. The van der Waals surface area contributed by atoms with Crippen molar-refractivity contribution in [1.29, 1.82) is 0 Å². The number of carbonyl (C=O) groups excluding carboxylic acids is 3. The van der Waals surface area contributed by atoms with Gasteiger partial charge in [-0.15, -0.1) is 0 Å². The summed E-state index contributed by atoms with van der Waals surface area (Å²) in [5, 5.41) is 7.74. The molecule has 0 spiro atoms. The number of amides is 3. The number of aromatic nitrogens is 2. The van der Waals surface area contributed by atoms with Crippen LogP contribution >= 0.6 is 0 Å². The molecule has 1 fully saturated rings. The van der Waals surface area contributed by atoms with E-state index in [1.807, 2.05) is 30.3 Å². The molecule has 2 aliphatic rings. The molecule has 150 valence electrons. The molecule has 2 aromatic carbocycles. The monoisotopic (exact) mass is 400 g/mol. The Morgan fingerprint density at radius 3 is 2.23 bits per heavy atom. The first kappa shape index (κ1) is 18.3. The predicted molar refractivity (Wildman–Crippen MR) is 112 cm³/mol. The summed E-state index contributed by atoms with van der Waals surface area (Å²) in [5.41, 5.74) is 3.94. The molecule has 0 radical (unpaired) electrons. The third-order valence-corrected chi connectivity index (χ3v) is 5.58. The summed E-state index contributed by atoms with van der Waals surface area (Å²) in [5.74, 6) is 0.0270. The highest BCUT2D eigenvalue weighted by atomic mass is 16.2. The molecule has 5 rings (SSSR count). The molecule has 1 aromatic heterocycles. The first-order chi connectivity index (χ1) is 14.6. The van der Waals surface area contributed by atoms with Crippen LogP contribution in [0.2, 0.25) is 0 Å². The highest BCUT2D eigenvalue weighted by molar-refractivity contribution is 6.20. The number of nitrogens with one attached hydrogen (secondary N) is 1. The number of imide groups is 1. The summed E-state index contributed by atoms with van der Waals surface area (Å²) in [4.78, 5) is 38.0. The molecule has 3 amide bonds. The molecule has 0 saturated carbocycles. The average molecular weight is 400 g/mol. The number of aryl methyl sites for hydroxylation is 1. The summed E-state index contributed by atoms with van der Waals surface area (Å²) >= 11 is 0. The molecule has 0 bridgehead atoms. The largest absolute Gasteiger partial charge is 0.306 e. The van der Waals surface area contributed by atoms with Crippen molar-refractivity contribution in [1.82, 2.24) is 9.78 Å². The van der Waals surface area contributed by atoms with Crippen molar-refractivity contribution >= 4 is 29.2 Å². The standard InChI is InChI=1S/C23H20N4O3/c28-20-13-14-21(29)26(20)16-11-9-15(10-12-16)23(30)24-22-18-7-4-8-19(18)25-27(22)17-5-2-1-3-6-17/h1-3,5-6,9-12H,4,7-8,13-14H2,(H,24,30). The van der Waals surface area contributed by atoms with E-state index >= 15 is 0 Å². The number of hydrogen-bond donors (Lipinski definition) is 1. The van der Waals surface area contributed by atoms with Gasteiger partial charge in [-0.05, 0) is 55.7 Å². The van der Waals surface area contributed by atoms with Gasteiger partial charge in [0, 0.05) is 24.0 Å². The van der Waals surface area contributed by atoms with E-state index in [1.165, 1.54) is 4.90 Å². The van der Waals surface area contributed by atoms with Gasteiger partial charge >= 0.3 is 0 Å². The minimum atomic E-state index is -0.257. The van der Waals surface area contributed by atoms with Gasteiger partial charge in [-0.1, -0.05) is 18.2 Å². The summed E-state index contributed by atoms with van der Waals surface area (Å²) in [6.45, 7) is 0. The third-order valence-electron chi connectivity index (χ3n) is 5.58. The molecule has 2 heterocycles. The van der Waals surface area contributed by atoms with Crippen LogP contribution in [-0.4, -0.2) is 27.5 Å². The van der Waals surface area contributed by atoms with Crippen molar-refractivity contribution < 1.29 is 14.4 Å². The number of rotatable bonds is 4. The third kappa shape index (κ3) is 3.08. The van der Waals surface area contributed by atoms with Crippen LogP contribution in [0.15, 0.2) is 54.6 Å². The van der Waals surface area contributed by atoms with E-state index in [4.69, 9.17) is 5.10 Å². The van der Waals surface area contributed by atoms with Crippen molar-refractivity contribution in [2.24, 2.45) is 0 Å². The van der Waals surface area contributed by atoms with Crippen LogP contribution in [-0.2, 0) is 22.4 Å². The normalized spacial score (nSPS) is 15.5. The molecule has 0 atom stereocenters. The lowest BCUT2D eigenvalue weighted by molar-refractivity contribution is -0.121. The summed E-state index contributed by atoms with van der Waals surface area (Å²) in [6.07, 6.45) is 3.29. The van der Waals surface area contributed by atoms with E-state index in [1.54, 1.807) is 28.9 Å². The van der Waals surface area contributed by atoms with Crippen molar-refractivity contribution in [2.75, 3.05) is 10.2 Å². The van der Waals surface area contributed by atoms with Crippen LogP contribution < -0.4 is 10.2 Å². The van der Waals surface area contributed by atoms with Gasteiger partial charge in [0.1, 0.15) is 5.82 Å². The maximum absolute atomic E-state index is 13.0. The molecule has 30 heavy (non-hydrogen) atoms. The van der Waals surface area contributed by atoms with Crippen molar-refractivity contribution in [3.63, 3.8) is 0 Å². The van der Waals surface area contributed by atoms with Crippen LogP contribution in [0.4, 0.5) is 11.5 Å². The van der Waals surface area contributed by atoms with Crippen LogP contribution in [0.5, 0.6) is 0 Å². The highest BCUT2D eigenvalue weighted by Gasteiger charge is 2.30. The number of hydrogen-bond acceptors (Lipinski definition) is 4. The maximum atomic E-state index is 13.0. The van der Waals surface area contributed by atoms with E-state index in [2.05, 4.69) is 5.32 Å². The second-order valence-electron chi connectivity index (χ2n) is 7.50. The number of para-hydroxylation sites is 1. The van der Waals surface area contributed by atoms with Gasteiger partial charge in [-0.25, -0.2) is 4.68 Å². The van der Waals surface area contributed by atoms with Crippen LogP contribution in [0.25, 0.3) is 5.69 Å². The molecule has 1 N–H and O–H groups in total. The average Bonchev–Trinajstić information content (AvgIpc) is 3.45. The molecule has 1 aliphatic heterocycles. The number of benzene rings is 2. The minimum absolute atomic E-state index is 0.209. The van der Waals surface area contributed by atoms with Crippen LogP contribution in [0.3, 0.4) is 0 Å². The Morgan fingerprint density at radius 2 is 1.53 bits per heavy atom. The Morgan fingerprint density at radius 1 is 0.833 bits per heavy atom. The van der Waals surface area contributed by atoms with Gasteiger partial charge in [-0.2, -0.15) is 5.10 Å². The molecule has 1 saturated heterocycles. The minimum Gasteiger partial charge on any atom is -0.306 e. The Balaban J connectivity index is 1.42. The van der Waals surface area contributed by atoms with Gasteiger partial charge in [0.05, 0.1) is 17.1 Å². The molecule has 3 aromatic rings. The quantitative estimate of drug-likeness (QED) is 0.682. The lowest BCUT2D eigenvalue weighted by Gasteiger charge is -2.14. The zero-order valence-corrected chi connectivity index (χ0v) is 16.3. The Hall–Kier alpha value is -3.74. The molecular weight excluding hydrogens is 380 g/mol. The van der Waals surface area contributed by atoms with Crippen molar-refractivity contribution in [3.05, 3.63) is 71.4 Å². The van der Waals surface area contributed by atoms with Crippen LogP contribution in [0.1, 0.15) is 40.9 Å². The summed E-state index contributed by atoms with van der Waals surface area (Å²) < 4.78 is 1.79. The van der Waals surface area contributed by atoms with Crippen molar-refractivity contribution in [3.8, 4) is 5.69 Å². The molecule has 0 unspecified atom stereocenters. The summed E-state index contributed by atoms with van der Waals surface area (Å²) in [7, 11) is 0. The number of carbonyl (C=O) groups is 3. The lowest BCUT2D eigenvalue weighted by Crippen LogP contribution is -2.28. The van der Waals surface area contributed by atoms with Gasteiger partial charge in [-0.3, -0.25) is 19.3 Å². The zero-order valence-electron chi connectivity index (χ0n) is 16.3. The topological polar surface area (TPSA) is 84.3 Å². The zero-order chi connectivity index (χ0) is 20.7. The van der Waals surface area contributed by atoms with E-state index in [0.717, 1.165) is 36.2 Å². The van der Waals surface area contributed by atoms with E-state index in [0.29, 0.717) is 17.1 Å². The highest BCUT2D eigenvalue weighted by Crippen LogP contribution is 2.31. The Labute approximate surface area is 173 Å². The Kier molecular flexibility index (Phi) is 4.43. The number of anilines is 2. The van der Waals surface area contributed by atoms with Crippen LogP contribution in [0, 0.1) is 0 Å². The fourth-order valence-corrected chi connectivity index (χ4v) is 4.08. The first-order valence-electron chi connectivity index (χ1n) is 10.1. The van der Waals surface area contributed by atoms with Gasteiger partial charge in [0.15, 0.2) is 0 Å². The molecule has 7 nitrogen and oxygen atoms in total. The number of fused-ring (bicyclic) bond motifs is 1. The van der Waals surface area contributed by atoms with Gasteiger partial charge < -0.3 is 5.32 Å². The molecule has 7 heteroatoms. The smallest absolute Gasteiger partial charge is 0.256 e. The van der Waals surface area contributed by atoms with E-state index < -0.39 is 0 Å². The second kappa shape index (κ2) is 7.26. The first-order valence-corrected chi connectivity index (χ1v) is 10.1. The van der Waals surface area contributed by atoms with E-state index in [9.17, 15) is 14.4 Å². The summed E-state index contributed by atoms with van der Waals surface area (Å²) in [6, 6.07) is 16.3.